The summed E-state index contributed by atoms with van der Waals surface area (Å²) in [6, 6.07) is 1.22. The van der Waals surface area contributed by atoms with Gasteiger partial charge >= 0.3 is 5.97 Å². The van der Waals surface area contributed by atoms with E-state index < -0.39 is 29.3 Å². The van der Waals surface area contributed by atoms with Crippen molar-refractivity contribution in [1.29, 1.82) is 0 Å². The predicted octanol–water partition coefficient (Wildman–Crippen LogP) is 4.10. The minimum absolute atomic E-state index is 0.135. The molecule has 0 amide bonds. The molecule has 0 aliphatic heterocycles. The van der Waals surface area contributed by atoms with Crippen LogP contribution in [0.25, 0.3) is 22.4 Å². The van der Waals surface area contributed by atoms with E-state index in [0.29, 0.717) is 34.5 Å². The monoisotopic (exact) mass is 447 g/mol. The van der Waals surface area contributed by atoms with Crippen LogP contribution in [-0.4, -0.2) is 42.2 Å². The molecule has 1 aliphatic rings. The smallest absolute Gasteiger partial charge is 0.308 e. The number of hydrogen-bond acceptors (Lipinski definition) is 6. The summed E-state index contributed by atoms with van der Waals surface area (Å²) < 4.78 is 15.3. The number of aliphatic carboxylic acids is 1. The summed E-state index contributed by atoms with van der Waals surface area (Å²) in [5.41, 5.74) is -0.673. The summed E-state index contributed by atoms with van der Waals surface area (Å²) in [7, 11) is 0. The molecule has 2 atom stereocenters. The number of carbonyl (C=O) groups is 1. The van der Waals surface area contributed by atoms with Gasteiger partial charge in [0.1, 0.15) is 16.9 Å². The Morgan fingerprint density at radius 1 is 1.32 bits per heavy atom. The summed E-state index contributed by atoms with van der Waals surface area (Å²) in [6.07, 6.45) is 5.88. The molecule has 4 N–H and O–H groups in total. The van der Waals surface area contributed by atoms with E-state index in [1.165, 1.54) is 20.0 Å². The van der Waals surface area contributed by atoms with Gasteiger partial charge in [0.2, 0.25) is 0 Å². The predicted molar refractivity (Wildman–Crippen MR) is 114 cm³/mol. The van der Waals surface area contributed by atoms with Crippen LogP contribution in [0.2, 0.25) is 5.02 Å². The second kappa shape index (κ2) is 8.05. The van der Waals surface area contributed by atoms with E-state index in [2.05, 4.69) is 25.3 Å². The number of pyridine rings is 1. The molecule has 1 aliphatic carbocycles. The molecule has 0 saturated heterocycles. The lowest BCUT2D eigenvalue weighted by Gasteiger charge is -2.30. The number of carboxylic acid groups (broad SMARTS) is 1. The maximum absolute atomic E-state index is 15.3. The topological polar surface area (TPSA) is 124 Å². The molecule has 0 aromatic carbocycles. The van der Waals surface area contributed by atoms with Crippen LogP contribution in [0.5, 0.6) is 0 Å². The van der Waals surface area contributed by atoms with Crippen LogP contribution >= 0.6 is 11.6 Å². The number of hydrogen-bond donors (Lipinski definition) is 4. The van der Waals surface area contributed by atoms with Crippen LogP contribution in [0.3, 0.4) is 0 Å². The average Bonchev–Trinajstić information content (AvgIpc) is 3.12. The molecule has 1 saturated carbocycles. The van der Waals surface area contributed by atoms with Crippen molar-refractivity contribution in [2.75, 3.05) is 5.32 Å². The standard InChI is InChI=1S/C21H23ClFN5O3/c1-21(2,31)16-15(23)19(26-14-6-4-3-5-11(14)20(29)30)28-18(27-16)13-9-25-17-12(13)7-10(22)8-24-17/h7-9,11,14,31H,3-6H2,1-2H3,(H,24,25)(H,29,30)(H,26,27,28)/t11-,14-/m0/s1. The molecule has 164 valence electrons. The molecule has 0 radical (unpaired) electrons. The van der Waals surface area contributed by atoms with Gasteiger partial charge in [0.25, 0.3) is 0 Å². The minimum atomic E-state index is -1.58. The average molecular weight is 448 g/mol. The SMILES string of the molecule is CC(C)(O)c1nc(-c2c[nH]c3ncc(Cl)cc23)nc(N[C@H]2CCCC[C@@H]2C(=O)O)c1F. The van der Waals surface area contributed by atoms with Gasteiger partial charge in [-0.3, -0.25) is 4.79 Å². The van der Waals surface area contributed by atoms with Gasteiger partial charge in [-0.15, -0.1) is 0 Å². The van der Waals surface area contributed by atoms with E-state index in [-0.39, 0.29) is 17.3 Å². The fourth-order valence-corrected chi connectivity index (χ4v) is 4.16. The lowest BCUT2D eigenvalue weighted by Crippen LogP contribution is -2.38. The summed E-state index contributed by atoms with van der Waals surface area (Å²) in [6.45, 7) is 2.86. The Morgan fingerprint density at radius 3 is 2.77 bits per heavy atom. The largest absolute Gasteiger partial charge is 0.481 e. The third-order valence-electron chi connectivity index (χ3n) is 5.57. The molecule has 0 spiro atoms. The van der Waals surface area contributed by atoms with E-state index in [1.807, 2.05) is 0 Å². The van der Waals surface area contributed by atoms with Gasteiger partial charge in [-0.05, 0) is 32.8 Å². The number of anilines is 1. The Balaban J connectivity index is 1.83. The van der Waals surface area contributed by atoms with E-state index in [9.17, 15) is 15.0 Å². The zero-order valence-electron chi connectivity index (χ0n) is 17.1. The van der Waals surface area contributed by atoms with E-state index in [1.54, 1.807) is 12.3 Å². The summed E-state index contributed by atoms with van der Waals surface area (Å²) in [4.78, 5) is 27.5. The molecule has 3 aromatic heterocycles. The van der Waals surface area contributed by atoms with Crippen molar-refractivity contribution in [3.05, 3.63) is 35.0 Å². The summed E-state index contributed by atoms with van der Waals surface area (Å²) in [5, 5.41) is 24.1. The van der Waals surface area contributed by atoms with Crippen LogP contribution in [0.4, 0.5) is 10.2 Å². The summed E-state index contributed by atoms with van der Waals surface area (Å²) in [5.74, 6) is -2.34. The first kappa shape index (κ1) is 21.5. The van der Waals surface area contributed by atoms with Crippen LogP contribution in [0.1, 0.15) is 45.2 Å². The Hall–Kier alpha value is -2.78. The second-order valence-corrected chi connectivity index (χ2v) is 8.79. The van der Waals surface area contributed by atoms with Crippen molar-refractivity contribution in [3.8, 4) is 11.4 Å². The van der Waals surface area contributed by atoms with Gasteiger partial charge in [-0.2, -0.15) is 0 Å². The van der Waals surface area contributed by atoms with Crippen LogP contribution in [0, 0.1) is 11.7 Å². The second-order valence-electron chi connectivity index (χ2n) is 8.35. The molecular weight excluding hydrogens is 425 g/mol. The fraction of sp³-hybridized carbons (Fsp3) is 0.429. The normalized spacial score (nSPS) is 19.5. The van der Waals surface area contributed by atoms with Gasteiger partial charge in [0.05, 0.1) is 10.9 Å². The first-order chi connectivity index (χ1) is 14.6. The number of aromatic amines is 1. The number of rotatable bonds is 5. The zero-order valence-corrected chi connectivity index (χ0v) is 17.9. The van der Waals surface area contributed by atoms with Gasteiger partial charge in [0.15, 0.2) is 17.5 Å². The number of carboxylic acids is 1. The zero-order chi connectivity index (χ0) is 22.3. The molecule has 31 heavy (non-hydrogen) atoms. The van der Waals surface area contributed by atoms with Crippen molar-refractivity contribution in [3.63, 3.8) is 0 Å². The summed E-state index contributed by atoms with van der Waals surface area (Å²) >= 11 is 6.08. The van der Waals surface area contributed by atoms with Crippen molar-refractivity contribution < 1.29 is 19.4 Å². The maximum Gasteiger partial charge on any atom is 0.308 e. The van der Waals surface area contributed by atoms with E-state index in [0.717, 1.165) is 12.8 Å². The minimum Gasteiger partial charge on any atom is -0.481 e. The Labute approximate surface area is 182 Å². The highest BCUT2D eigenvalue weighted by Gasteiger charge is 2.34. The highest BCUT2D eigenvalue weighted by atomic mass is 35.5. The molecule has 4 rings (SSSR count). The van der Waals surface area contributed by atoms with E-state index in [4.69, 9.17) is 11.6 Å². The highest BCUT2D eigenvalue weighted by Crippen LogP contribution is 2.34. The van der Waals surface area contributed by atoms with Crippen LogP contribution < -0.4 is 5.32 Å². The highest BCUT2D eigenvalue weighted by molar-refractivity contribution is 6.31. The Morgan fingerprint density at radius 2 is 2.06 bits per heavy atom. The Bertz CT molecular complexity index is 1140. The van der Waals surface area contributed by atoms with Gasteiger partial charge in [-0.1, -0.05) is 24.4 Å². The van der Waals surface area contributed by atoms with Crippen molar-refractivity contribution in [1.82, 2.24) is 19.9 Å². The van der Waals surface area contributed by atoms with Crippen LogP contribution in [0.15, 0.2) is 18.5 Å². The van der Waals surface area contributed by atoms with Crippen molar-refractivity contribution in [2.24, 2.45) is 5.92 Å². The van der Waals surface area contributed by atoms with Gasteiger partial charge in [-0.25, -0.2) is 19.3 Å². The van der Waals surface area contributed by atoms with E-state index >= 15 is 4.39 Å². The molecule has 10 heteroatoms. The first-order valence-electron chi connectivity index (χ1n) is 10.1. The maximum atomic E-state index is 15.3. The van der Waals surface area contributed by atoms with Crippen LogP contribution in [-0.2, 0) is 10.4 Å². The molecular formula is C21H23ClFN5O3. The number of nitrogens with one attached hydrogen (secondary N) is 2. The molecule has 1 fully saturated rings. The fourth-order valence-electron chi connectivity index (χ4n) is 4.01. The number of halogens is 2. The lowest BCUT2D eigenvalue weighted by atomic mass is 9.84. The molecule has 3 heterocycles. The van der Waals surface area contributed by atoms with Crippen molar-refractivity contribution >= 4 is 34.4 Å². The number of nitrogens with zero attached hydrogens (tertiary/aromatic N) is 3. The lowest BCUT2D eigenvalue weighted by molar-refractivity contribution is -0.143. The third kappa shape index (κ3) is 4.20. The number of aromatic nitrogens is 4. The van der Waals surface area contributed by atoms with Gasteiger partial charge in [0, 0.05) is 29.4 Å². The first-order valence-corrected chi connectivity index (χ1v) is 10.5. The Kier molecular flexibility index (Phi) is 5.57. The molecule has 8 nitrogen and oxygen atoms in total. The molecule has 0 unspecified atom stereocenters. The van der Waals surface area contributed by atoms with Crippen molar-refractivity contribution in [2.45, 2.75) is 51.2 Å². The number of aliphatic hydroxyl groups is 1. The number of fused-ring (bicyclic) bond motifs is 1. The number of H-pyrrole nitrogens is 1. The quantitative estimate of drug-likeness (QED) is 0.464. The molecule has 3 aromatic rings. The molecule has 0 bridgehead atoms. The third-order valence-corrected chi connectivity index (χ3v) is 5.78. The van der Waals surface area contributed by atoms with Gasteiger partial charge < -0.3 is 20.5 Å².